The molecule has 2 rings (SSSR count). The first-order valence-corrected chi connectivity index (χ1v) is 21.2. The molecule has 1 aliphatic heterocycles. The van der Waals surface area contributed by atoms with Crippen molar-refractivity contribution in [3.05, 3.63) is 22.2 Å². The molecule has 6 N–H and O–H groups in total. The van der Waals surface area contributed by atoms with E-state index in [1.165, 1.54) is 6.20 Å². The molecule has 0 aromatic carbocycles. The summed E-state index contributed by atoms with van der Waals surface area (Å²) in [6.07, 6.45) is -0.420. The van der Waals surface area contributed by atoms with Gasteiger partial charge in [-0.2, -0.15) is 26.2 Å². The molecule has 268 valence electrons. The fourth-order valence-corrected chi connectivity index (χ4v) is 7.47. The topological polar surface area (TPSA) is 275 Å². The lowest BCUT2D eigenvalue weighted by molar-refractivity contribution is -0.143. The van der Waals surface area contributed by atoms with Gasteiger partial charge in [0, 0.05) is 25.6 Å². The Morgan fingerprint density at radius 2 is 1.91 bits per heavy atom. The maximum Gasteiger partial charge on any atom is 0.490 e. The summed E-state index contributed by atoms with van der Waals surface area (Å²) in [5.41, 5.74) is 5.19. The van der Waals surface area contributed by atoms with Crippen LogP contribution in [0.25, 0.3) is 0 Å². The molecule has 1 aromatic rings. The Bertz CT molecular complexity index is 1500. The summed E-state index contributed by atoms with van der Waals surface area (Å²) < 4.78 is 69.9. The molecule has 0 radical (unpaired) electrons. The molecule has 47 heavy (non-hydrogen) atoms. The fraction of sp³-hybridized carbons (Fsp3) is 0.682. The van der Waals surface area contributed by atoms with Crippen LogP contribution in [-0.2, 0) is 71.2 Å². The molecule has 19 nitrogen and oxygen atoms in total. The van der Waals surface area contributed by atoms with E-state index in [-0.39, 0.29) is 43.2 Å². The highest BCUT2D eigenvalue weighted by Gasteiger charge is 2.43. The molecule has 0 aliphatic carbocycles. The van der Waals surface area contributed by atoms with E-state index in [9.17, 15) is 33.1 Å². The monoisotopic (exact) mass is 787 g/mol. The van der Waals surface area contributed by atoms with E-state index >= 15 is 0 Å². The molecule has 25 heteroatoms. The summed E-state index contributed by atoms with van der Waals surface area (Å²) in [6, 6.07) is 0. The van der Waals surface area contributed by atoms with Crippen LogP contribution in [0.2, 0.25) is 0 Å². The Morgan fingerprint density at radius 3 is 2.57 bits per heavy atom. The zero-order chi connectivity index (χ0) is 35.3. The van der Waals surface area contributed by atoms with Gasteiger partial charge >= 0.3 is 35.1 Å². The van der Waals surface area contributed by atoms with Gasteiger partial charge in [-0.15, -0.1) is 0 Å². The third kappa shape index (κ3) is 16.5. The van der Waals surface area contributed by atoms with Crippen LogP contribution in [0.3, 0.4) is 0 Å². The van der Waals surface area contributed by atoms with Gasteiger partial charge in [-0.1, -0.05) is 28.2 Å². The second-order valence-corrected chi connectivity index (χ2v) is 17.1. The molecule has 1 aliphatic rings. The first-order valence-electron chi connectivity index (χ1n) is 13.6. The summed E-state index contributed by atoms with van der Waals surface area (Å²) in [6.45, 7) is 1.78. The molecule has 0 spiro atoms. The van der Waals surface area contributed by atoms with Crippen LogP contribution in [0.5, 0.6) is 0 Å². The number of nitrogens with two attached hydrogens (primary N) is 1. The number of esters is 1. The number of unbranched alkanes of at least 4 members (excludes halogenated alkanes) is 1. The van der Waals surface area contributed by atoms with Gasteiger partial charge in [-0.25, -0.2) is 18.5 Å². The summed E-state index contributed by atoms with van der Waals surface area (Å²) >= 11 is 9.21. The number of rotatable bonds is 20. The van der Waals surface area contributed by atoms with E-state index in [4.69, 9.17) is 50.2 Å². The van der Waals surface area contributed by atoms with Gasteiger partial charge < -0.3 is 44.3 Å². The number of phosphoric ester groups is 1. The van der Waals surface area contributed by atoms with Gasteiger partial charge in [0.1, 0.15) is 18.1 Å². The van der Waals surface area contributed by atoms with Gasteiger partial charge in [0.05, 0.1) is 43.2 Å². The van der Waals surface area contributed by atoms with Gasteiger partial charge in [0.15, 0.2) is 0 Å². The molecular formula is C22H36N3O16P3S3. The van der Waals surface area contributed by atoms with Gasteiger partial charge in [-0.05, 0) is 29.8 Å². The van der Waals surface area contributed by atoms with Crippen molar-refractivity contribution in [3.8, 4) is 11.8 Å². The summed E-state index contributed by atoms with van der Waals surface area (Å²) in [5, 5.41) is 0. The van der Waals surface area contributed by atoms with Crippen molar-refractivity contribution in [1.29, 1.82) is 0 Å². The third-order valence-corrected chi connectivity index (χ3v) is 11.8. The van der Waals surface area contributed by atoms with Crippen LogP contribution in [0.4, 0.5) is 5.82 Å². The van der Waals surface area contributed by atoms with E-state index < -0.39 is 69.6 Å². The SMILES string of the molecule is CCS(=S)CO[C@H]1C[C@H](n2cc(C#CCCC(=O)OCCCCOCS)c(N)nc2=O)O[C@@H]1COP(=O)(O)OP(=O)(O)OP(=O)(O)O. The second kappa shape index (κ2) is 19.9. The summed E-state index contributed by atoms with van der Waals surface area (Å²) in [5.74, 6) is 5.89. The highest BCUT2D eigenvalue weighted by atomic mass is 32.8. The standard InChI is InChI=1S/C22H36N3O16P3S3/c1-2-47(46)15-37-17-11-19(39-18(17)13-38-43(31,32)41-44(33,34)40-42(28,29)30)25-12-16(21(23)24-22(25)27)7-3-4-8-20(26)36-10-6-5-9-35-14-45/h12,17-19,45H,2,4-6,8-11,13-15H2,1H3,(H,31,32)(H,33,34)(H2,23,24,27)(H2,28,29,30)/t17-,18+,19+,47?/m0/s1. The molecule has 0 amide bonds. The van der Waals surface area contributed by atoms with Crippen LogP contribution in [0, 0.1) is 11.8 Å². The third-order valence-electron chi connectivity index (χ3n) is 5.74. The van der Waals surface area contributed by atoms with Gasteiger partial charge in [0.2, 0.25) is 0 Å². The quantitative estimate of drug-likeness (QED) is 0.0271. The number of phosphoric acid groups is 3. The van der Waals surface area contributed by atoms with Crippen molar-refractivity contribution in [1.82, 2.24) is 9.55 Å². The van der Waals surface area contributed by atoms with Crippen LogP contribution in [0.1, 0.15) is 50.8 Å². The Balaban J connectivity index is 2.11. The average Bonchev–Trinajstić information content (AvgIpc) is 3.36. The van der Waals surface area contributed by atoms with Crippen LogP contribution >= 0.6 is 36.1 Å². The Kier molecular flexibility index (Phi) is 17.9. The molecule has 3 unspecified atom stereocenters. The number of nitrogens with zero attached hydrogens (tertiary/aromatic N) is 2. The highest BCUT2D eigenvalue weighted by Crippen LogP contribution is 2.66. The smallest absolute Gasteiger partial charge is 0.466 e. The van der Waals surface area contributed by atoms with Crippen LogP contribution in [-0.4, -0.2) is 84.8 Å². The number of hydrogen-bond acceptors (Lipinski definition) is 16. The molecule has 0 saturated carbocycles. The zero-order valence-electron chi connectivity index (χ0n) is 24.9. The Morgan fingerprint density at radius 1 is 1.21 bits per heavy atom. The van der Waals surface area contributed by atoms with E-state index in [0.717, 1.165) is 11.0 Å². The van der Waals surface area contributed by atoms with Crippen molar-refractivity contribution in [2.45, 2.75) is 57.5 Å². The molecule has 6 atom stereocenters. The molecule has 1 fully saturated rings. The maximum atomic E-state index is 12.7. The second-order valence-electron chi connectivity index (χ2n) is 9.30. The van der Waals surface area contributed by atoms with Crippen molar-refractivity contribution in [2.75, 3.05) is 43.2 Å². The van der Waals surface area contributed by atoms with Gasteiger partial charge in [0.25, 0.3) is 0 Å². The highest BCUT2D eigenvalue weighted by molar-refractivity contribution is 8.28. The number of nitrogen functional groups attached to an aromatic ring is 1. The molecule has 1 saturated heterocycles. The first kappa shape index (κ1) is 42.1. The molecule has 0 bridgehead atoms. The van der Waals surface area contributed by atoms with E-state index in [1.807, 2.05) is 6.92 Å². The summed E-state index contributed by atoms with van der Waals surface area (Å²) in [4.78, 5) is 65.1. The predicted molar refractivity (Wildman–Crippen MR) is 172 cm³/mol. The number of aromatic nitrogens is 2. The lowest BCUT2D eigenvalue weighted by Gasteiger charge is -2.21. The van der Waals surface area contributed by atoms with Gasteiger partial charge in [-0.3, -0.25) is 13.9 Å². The first-order chi connectivity index (χ1) is 21.9. The van der Waals surface area contributed by atoms with Crippen molar-refractivity contribution >= 4 is 68.5 Å². The normalized spacial score (nSPS) is 21.3. The fourth-order valence-electron chi connectivity index (χ4n) is 3.65. The van der Waals surface area contributed by atoms with E-state index in [0.29, 0.717) is 24.7 Å². The van der Waals surface area contributed by atoms with Crippen LogP contribution in [0.15, 0.2) is 11.0 Å². The Hall–Kier alpha value is -1.08. The average molecular weight is 788 g/mol. The lowest BCUT2D eigenvalue weighted by Crippen LogP contribution is -2.30. The number of anilines is 1. The van der Waals surface area contributed by atoms with E-state index in [1.54, 1.807) is 0 Å². The van der Waals surface area contributed by atoms with Crippen molar-refractivity contribution in [2.24, 2.45) is 0 Å². The van der Waals surface area contributed by atoms with Crippen molar-refractivity contribution < 1.29 is 70.2 Å². The zero-order valence-corrected chi connectivity index (χ0v) is 30.1. The number of ether oxygens (including phenoxy) is 4. The number of carbonyl (C=O) groups is 1. The summed E-state index contributed by atoms with van der Waals surface area (Å²) in [7, 11) is -17.4. The van der Waals surface area contributed by atoms with Crippen LogP contribution < -0.4 is 11.4 Å². The lowest BCUT2D eigenvalue weighted by atomic mass is 10.2. The minimum atomic E-state index is -5.74. The number of thiol groups is 1. The van der Waals surface area contributed by atoms with Crippen molar-refractivity contribution in [3.63, 3.8) is 0 Å². The number of hydrogen-bond donors (Lipinski definition) is 6. The molecular weight excluding hydrogens is 751 g/mol. The Labute approximate surface area is 282 Å². The number of carbonyl (C=O) groups excluding carboxylic acids is 1. The maximum absolute atomic E-state index is 12.7. The minimum absolute atomic E-state index is 0.0113. The minimum Gasteiger partial charge on any atom is -0.466 e. The van der Waals surface area contributed by atoms with E-state index in [2.05, 4.69) is 38.1 Å². The molecule has 1 aromatic heterocycles. The molecule has 2 heterocycles. The predicted octanol–water partition coefficient (Wildman–Crippen LogP) is 1.26. The largest absolute Gasteiger partial charge is 0.490 e.